The number of H-pyrrole nitrogens is 1. The SMILES string of the molecule is C=C(/C(Cl)=N\C=C/N)c1c(-c2ccc(Cl)cc2)c(C)n[nH]c1=O. The van der Waals surface area contributed by atoms with Crippen LogP contribution in [0.15, 0.2) is 53.0 Å². The first-order valence-electron chi connectivity index (χ1n) is 6.60. The van der Waals surface area contributed by atoms with Crippen molar-refractivity contribution >= 4 is 33.9 Å². The minimum absolute atomic E-state index is 0.0676. The van der Waals surface area contributed by atoms with E-state index in [1.807, 2.05) is 0 Å². The van der Waals surface area contributed by atoms with Gasteiger partial charge in [-0.15, -0.1) is 0 Å². The summed E-state index contributed by atoms with van der Waals surface area (Å²) >= 11 is 12.0. The molecule has 1 heterocycles. The van der Waals surface area contributed by atoms with Crippen molar-refractivity contribution in [1.29, 1.82) is 0 Å². The smallest absolute Gasteiger partial charge is 0.272 e. The minimum Gasteiger partial charge on any atom is -0.403 e. The molecular weight excluding hydrogens is 335 g/mol. The standard InChI is InChI=1S/C16H14Cl2N4O/c1-9(15(18)20-8-7-19)13-14(10(2)21-22-16(13)23)11-3-5-12(17)6-4-11/h3-8H,1,19H2,2H3,(H,22,23)/b8-7-,20-15+. The molecule has 1 aromatic carbocycles. The third-order valence-corrected chi connectivity index (χ3v) is 3.70. The molecule has 2 rings (SSSR count). The summed E-state index contributed by atoms with van der Waals surface area (Å²) in [4.78, 5) is 16.2. The molecule has 23 heavy (non-hydrogen) atoms. The first-order valence-corrected chi connectivity index (χ1v) is 7.36. The highest BCUT2D eigenvalue weighted by molar-refractivity contribution is 6.76. The fourth-order valence-electron chi connectivity index (χ4n) is 2.09. The third kappa shape index (κ3) is 3.70. The van der Waals surface area contributed by atoms with Crippen molar-refractivity contribution < 1.29 is 0 Å². The Morgan fingerprint density at radius 2 is 2.04 bits per heavy atom. The van der Waals surface area contributed by atoms with E-state index < -0.39 is 5.56 Å². The van der Waals surface area contributed by atoms with Crippen molar-refractivity contribution in [2.45, 2.75) is 6.92 Å². The lowest BCUT2D eigenvalue weighted by molar-refractivity contribution is 0.944. The van der Waals surface area contributed by atoms with E-state index in [1.54, 1.807) is 31.2 Å². The predicted molar refractivity (Wildman–Crippen MR) is 95.7 cm³/mol. The number of rotatable bonds is 4. The number of halogens is 2. The second kappa shape index (κ2) is 7.26. The van der Waals surface area contributed by atoms with Crippen LogP contribution in [-0.2, 0) is 0 Å². The molecule has 0 saturated carbocycles. The number of aliphatic imine (C=N–C) groups is 1. The van der Waals surface area contributed by atoms with Gasteiger partial charge in [0.1, 0.15) is 5.17 Å². The number of aromatic nitrogens is 2. The van der Waals surface area contributed by atoms with E-state index in [2.05, 4.69) is 21.8 Å². The van der Waals surface area contributed by atoms with Gasteiger partial charge in [-0.2, -0.15) is 5.10 Å². The number of hydrogen-bond acceptors (Lipinski definition) is 4. The minimum atomic E-state index is -0.407. The molecule has 5 nitrogen and oxygen atoms in total. The van der Waals surface area contributed by atoms with Gasteiger partial charge < -0.3 is 5.73 Å². The van der Waals surface area contributed by atoms with Crippen molar-refractivity contribution in [3.63, 3.8) is 0 Å². The van der Waals surface area contributed by atoms with Gasteiger partial charge in [-0.05, 0) is 24.6 Å². The molecule has 0 unspecified atom stereocenters. The monoisotopic (exact) mass is 348 g/mol. The van der Waals surface area contributed by atoms with E-state index in [0.717, 1.165) is 5.56 Å². The zero-order chi connectivity index (χ0) is 17.0. The Morgan fingerprint density at radius 3 is 2.65 bits per heavy atom. The van der Waals surface area contributed by atoms with E-state index in [9.17, 15) is 4.79 Å². The van der Waals surface area contributed by atoms with Crippen LogP contribution >= 0.6 is 23.2 Å². The molecule has 1 aromatic heterocycles. The number of benzene rings is 1. The predicted octanol–water partition coefficient (Wildman–Crippen LogP) is 3.48. The summed E-state index contributed by atoms with van der Waals surface area (Å²) in [5.74, 6) is 0. The molecule has 0 aliphatic carbocycles. The molecule has 3 N–H and O–H groups in total. The molecule has 0 aliphatic rings. The quantitative estimate of drug-likeness (QED) is 0.829. The van der Waals surface area contributed by atoms with Gasteiger partial charge in [0.15, 0.2) is 0 Å². The molecule has 118 valence electrons. The average molecular weight is 349 g/mol. The second-order valence-electron chi connectivity index (χ2n) is 4.64. The van der Waals surface area contributed by atoms with Gasteiger partial charge in [-0.25, -0.2) is 10.1 Å². The van der Waals surface area contributed by atoms with E-state index >= 15 is 0 Å². The van der Waals surface area contributed by atoms with Crippen LogP contribution in [-0.4, -0.2) is 15.4 Å². The molecule has 0 aliphatic heterocycles. The Hall–Kier alpha value is -2.37. The van der Waals surface area contributed by atoms with E-state index in [-0.39, 0.29) is 10.7 Å². The average Bonchev–Trinajstić information content (AvgIpc) is 2.54. The zero-order valence-electron chi connectivity index (χ0n) is 12.3. The molecule has 7 heteroatoms. The van der Waals surface area contributed by atoms with Crippen molar-refractivity contribution in [2.24, 2.45) is 10.7 Å². The van der Waals surface area contributed by atoms with Crippen molar-refractivity contribution in [3.05, 3.63) is 69.9 Å². The number of nitrogens with zero attached hydrogens (tertiary/aromatic N) is 2. The van der Waals surface area contributed by atoms with E-state index in [0.29, 0.717) is 21.8 Å². The van der Waals surface area contributed by atoms with Crippen molar-refractivity contribution in [3.8, 4) is 11.1 Å². The van der Waals surface area contributed by atoms with E-state index in [1.165, 1.54) is 12.4 Å². The number of allylic oxidation sites excluding steroid dienone is 1. The summed E-state index contributed by atoms with van der Waals surface area (Å²) in [6.07, 6.45) is 2.55. The Balaban J connectivity index is 2.69. The molecule has 0 spiro atoms. The van der Waals surface area contributed by atoms with Gasteiger partial charge in [0.25, 0.3) is 5.56 Å². The molecule has 0 radical (unpaired) electrons. The maximum absolute atomic E-state index is 12.3. The zero-order valence-corrected chi connectivity index (χ0v) is 13.8. The first kappa shape index (κ1) is 17.0. The molecule has 0 saturated heterocycles. The molecule has 2 aromatic rings. The molecule has 0 bridgehead atoms. The Morgan fingerprint density at radius 1 is 1.39 bits per heavy atom. The Kier molecular flexibility index (Phi) is 5.36. The highest BCUT2D eigenvalue weighted by atomic mass is 35.5. The topological polar surface area (TPSA) is 84.1 Å². The molecular formula is C16H14Cl2N4O. The summed E-state index contributed by atoms with van der Waals surface area (Å²) in [6, 6.07) is 7.06. The van der Waals surface area contributed by atoms with Crippen LogP contribution in [0.2, 0.25) is 5.02 Å². The summed E-state index contributed by atoms with van der Waals surface area (Å²) < 4.78 is 0. The molecule has 0 atom stereocenters. The number of nitrogens with two attached hydrogens (primary N) is 1. The van der Waals surface area contributed by atoms with Gasteiger partial charge >= 0.3 is 0 Å². The highest BCUT2D eigenvalue weighted by Crippen LogP contribution is 2.30. The molecule has 0 amide bonds. The fraction of sp³-hybridized carbons (Fsp3) is 0.0625. The lowest BCUT2D eigenvalue weighted by Crippen LogP contribution is -2.18. The van der Waals surface area contributed by atoms with Crippen LogP contribution in [0, 0.1) is 6.92 Å². The number of hydrogen-bond donors (Lipinski definition) is 2. The number of aromatic amines is 1. The summed E-state index contributed by atoms with van der Waals surface area (Å²) in [7, 11) is 0. The van der Waals surface area contributed by atoms with Gasteiger partial charge in [0.2, 0.25) is 0 Å². The van der Waals surface area contributed by atoms with Crippen molar-refractivity contribution in [2.75, 3.05) is 0 Å². The van der Waals surface area contributed by atoms with Gasteiger partial charge in [-0.1, -0.05) is 41.9 Å². The van der Waals surface area contributed by atoms with Crippen LogP contribution < -0.4 is 11.3 Å². The van der Waals surface area contributed by atoms with Gasteiger partial charge in [-0.3, -0.25) is 4.79 Å². The highest BCUT2D eigenvalue weighted by Gasteiger charge is 2.18. The third-order valence-electron chi connectivity index (χ3n) is 3.12. The van der Waals surface area contributed by atoms with Crippen molar-refractivity contribution in [1.82, 2.24) is 10.2 Å². The summed E-state index contributed by atoms with van der Waals surface area (Å²) in [5, 5.41) is 7.11. The maximum atomic E-state index is 12.3. The van der Waals surface area contributed by atoms with E-state index in [4.69, 9.17) is 28.9 Å². The van der Waals surface area contributed by atoms with Gasteiger partial charge in [0.05, 0.1) is 11.3 Å². The Labute approximate surface area is 143 Å². The maximum Gasteiger partial charge on any atom is 0.272 e. The van der Waals surface area contributed by atoms with Crippen LogP contribution in [0.1, 0.15) is 11.3 Å². The second-order valence-corrected chi connectivity index (χ2v) is 5.43. The van der Waals surface area contributed by atoms with Crippen LogP contribution in [0.4, 0.5) is 0 Å². The lowest BCUT2D eigenvalue weighted by atomic mass is 9.96. The van der Waals surface area contributed by atoms with Crippen LogP contribution in [0.5, 0.6) is 0 Å². The van der Waals surface area contributed by atoms with Crippen LogP contribution in [0.25, 0.3) is 16.7 Å². The number of nitrogens with one attached hydrogen (secondary N) is 1. The fourth-order valence-corrected chi connectivity index (χ4v) is 2.36. The Bertz CT molecular complexity index is 851. The normalized spacial score (nSPS) is 11.9. The first-order chi connectivity index (χ1) is 11.0. The largest absolute Gasteiger partial charge is 0.403 e. The van der Waals surface area contributed by atoms with Gasteiger partial charge in [0, 0.05) is 28.6 Å². The summed E-state index contributed by atoms with van der Waals surface area (Å²) in [6.45, 7) is 5.65. The molecule has 0 fully saturated rings. The van der Waals surface area contributed by atoms with Crippen LogP contribution in [0.3, 0.4) is 0 Å². The lowest BCUT2D eigenvalue weighted by Gasteiger charge is -2.12. The number of aryl methyl sites for hydroxylation is 1. The summed E-state index contributed by atoms with van der Waals surface area (Å²) in [5.41, 5.74) is 7.45.